The van der Waals surface area contributed by atoms with Crippen molar-refractivity contribution < 1.29 is 14.4 Å². The van der Waals surface area contributed by atoms with Gasteiger partial charge in [0, 0.05) is 18.3 Å². The summed E-state index contributed by atoms with van der Waals surface area (Å²) in [7, 11) is 0. The zero-order valence-electron chi connectivity index (χ0n) is 11.8. The lowest BCUT2D eigenvalue weighted by molar-refractivity contribution is -0.125. The Morgan fingerprint density at radius 2 is 2.21 bits per heavy atom. The van der Waals surface area contributed by atoms with Crippen molar-refractivity contribution in [2.24, 2.45) is 0 Å². The summed E-state index contributed by atoms with van der Waals surface area (Å²) in [5.74, 6) is 0. The first-order valence-electron chi connectivity index (χ1n) is 6.44. The van der Waals surface area contributed by atoms with Crippen LogP contribution in [0.2, 0.25) is 0 Å². The lowest BCUT2D eigenvalue weighted by Crippen LogP contribution is -2.35. The molecular weight excluding hydrogens is 244 g/mol. The second-order valence-electron chi connectivity index (χ2n) is 5.68. The summed E-state index contributed by atoms with van der Waals surface area (Å²) in [5, 5.41) is 1.32. The van der Waals surface area contributed by atoms with Crippen LogP contribution in [-0.2, 0) is 9.57 Å². The van der Waals surface area contributed by atoms with Gasteiger partial charge in [-0.3, -0.25) is 9.82 Å². The molecule has 0 saturated carbocycles. The summed E-state index contributed by atoms with van der Waals surface area (Å²) in [6, 6.07) is 3.78. The number of hydroxylamine groups is 2. The molecule has 0 spiro atoms. The van der Waals surface area contributed by atoms with E-state index >= 15 is 0 Å². The van der Waals surface area contributed by atoms with Crippen molar-refractivity contribution in [3.05, 3.63) is 29.6 Å². The average Bonchev–Trinajstić information content (AvgIpc) is 2.76. The smallest absolute Gasteiger partial charge is 0.435 e. The van der Waals surface area contributed by atoms with Gasteiger partial charge < -0.3 is 4.74 Å². The van der Waals surface area contributed by atoms with Crippen LogP contribution >= 0.6 is 0 Å². The molecule has 2 heterocycles. The molecule has 1 amide bonds. The van der Waals surface area contributed by atoms with Crippen LogP contribution in [0.3, 0.4) is 0 Å². The number of ether oxygens (including phenoxy) is 1. The van der Waals surface area contributed by atoms with E-state index in [4.69, 9.17) is 9.57 Å². The Labute approximate surface area is 113 Å². The molecule has 104 valence electrons. The summed E-state index contributed by atoms with van der Waals surface area (Å²) < 4.78 is 5.34. The first-order valence-corrected chi connectivity index (χ1v) is 6.44. The molecule has 0 unspecified atom stereocenters. The third-order valence-electron chi connectivity index (χ3n) is 2.80. The monoisotopic (exact) mass is 264 g/mol. The predicted molar refractivity (Wildman–Crippen MR) is 70.4 cm³/mol. The van der Waals surface area contributed by atoms with E-state index in [-0.39, 0.29) is 6.04 Å². The van der Waals surface area contributed by atoms with E-state index in [2.05, 4.69) is 4.98 Å². The van der Waals surface area contributed by atoms with Crippen molar-refractivity contribution in [1.29, 1.82) is 0 Å². The van der Waals surface area contributed by atoms with E-state index in [1.54, 1.807) is 6.20 Å². The molecule has 0 bridgehead atoms. The average molecular weight is 264 g/mol. The minimum atomic E-state index is -0.529. The van der Waals surface area contributed by atoms with Gasteiger partial charge in [-0.2, -0.15) is 5.06 Å². The van der Waals surface area contributed by atoms with E-state index in [1.165, 1.54) is 5.06 Å². The minimum absolute atomic E-state index is 0.122. The molecule has 1 aliphatic heterocycles. The summed E-state index contributed by atoms with van der Waals surface area (Å²) in [4.78, 5) is 21.7. The molecule has 19 heavy (non-hydrogen) atoms. The molecule has 1 aromatic rings. The number of aryl methyl sites for hydroxylation is 1. The number of aromatic nitrogens is 1. The van der Waals surface area contributed by atoms with Crippen molar-refractivity contribution in [3.63, 3.8) is 0 Å². The van der Waals surface area contributed by atoms with Crippen molar-refractivity contribution in [1.82, 2.24) is 10.0 Å². The molecule has 0 N–H and O–H groups in total. The van der Waals surface area contributed by atoms with Crippen LogP contribution in [0.4, 0.5) is 4.79 Å². The van der Waals surface area contributed by atoms with Crippen molar-refractivity contribution >= 4 is 6.09 Å². The van der Waals surface area contributed by atoms with Crippen molar-refractivity contribution in [2.45, 2.75) is 45.8 Å². The highest BCUT2D eigenvalue weighted by Gasteiger charge is 2.34. The maximum absolute atomic E-state index is 12.1. The molecular formula is C14H20N2O3. The molecule has 0 radical (unpaired) electrons. The number of pyridine rings is 1. The van der Waals surface area contributed by atoms with E-state index in [0.717, 1.165) is 17.7 Å². The number of amides is 1. The third kappa shape index (κ3) is 3.44. The van der Waals surface area contributed by atoms with Gasteiger partial charge in [-0.25, -0.2) is 4.79 Å². The molecule has 2 rings (SSSR count). The first-order chi connectivity index (χ1) is 8.87. The van der Waals surface area contributed by atoms with Gasteiger partial charge in [0.25, 0.3) is 0 Å². The Balaban J connectivity index is 2.12. The normalized spacial score (nSPS) is 19.6. The Kier molecular flexibility index (Phi) is 3.75. The molecule has 5 nitrogen and oxygen atoms in total. The highest BCUT2D eigenvalue weighted by atomic mass is 16.7. The van der Waals surface area contributed by atoms with E-state index < -0.39 is 11.7 Å². The molecule has 1 aliphatic rings. The standard InChI is InChI=1S/C14H20N2O3/c1-10-5-6-11(9-15-10)12-7-8-18-16(12)13(17)19-14(2,3)4/h5-6,9,12H,7-8H2,1-4H3/t12-/m0/s1. The van der Waals surface area contributed by atoms with Gasteiger partial charge in [-0.05, 0) is 39.3 Å². The second-order valence-corrected chi connectivity index (χ2v) is 5.68. The molecule has 0 aromatic carbocycles. The Bertz CT molecular complexity index is 451. The number of hydrogen-bond donors (Lipinski definition) is 0. The fourth-order valence-corrected chi connectivity index (χ4v) is 1.94. The molecule has 5 heteroatoms. The summed E-state index contributed by atoms with van der Waals surface area (Å²) in [6.45, 7) is 7.95. The van der Waals surface area contributed by atoms with Gasteiger partial charge in [0.2, 0.25) is 0 Å². The van der Waals surface area contributed by atoms with Crippen LogP contribution < -0.4 is 0 Å². The van der Waals surface area contributed by atoms with Crippen LogP contribution in [0.1, 0.15) is 44.5 Å². The summed E-state index contributed by atoms with van der Waals surface area (Å²) >= 11 is 0. The maximum Gasteiger partial charge on any atom is 0.435 e. The first kappa shape index (κ1) is 13.8. The number of rotatable bonds is 1. The van der Waals surface area contributed by atoms with E-state index in [9.17, 15) is 4.79 Å². The predicted octanol–water partition coefficient (Wildman–Crippen LogP) is 3.00. The summed E-state index contributed by atoms with van der Waals surface area (Å²) in [5.41, 5.74) is 1.39. The second kappa shape index (κ2) is 5.17. The third-order valence-corrected chi connectivity index (χ3v) is 2.80. The minimum Gasteiger partial charge on any atom is -0.442 e. The van der Waals surface area contributed by atoms with Gasteiger partial charge >= 0.3 is 6.09 Å². The highest BCUT2D eigenvalue weighted by Crippen LogP contribution is 2.31. The van der Waals surface area contributed by atoms with E-state index in [1.807, 2.05) is 39.8 Å². The molecule has 1 atom stereocenters. The van der Waals surface area contributed by atoms with Crippen LogP contribution in [0.15, 0.2) is 18.3 Å². The zero-order chi connectivity index (χ0) is 14.0. The van der Waals surface area contributed by atoms with Gasteiger partial charge in [-0.15, -0.1) is 0 Å². The Morgan fingerprint density at radius 3 is 2.79 bits per heavy atom. The lowest BCUT2D eigenvalue weighted by Gasteiger charge is -2.27. The Morgan fingerprint density at radius 1 is 1.47 bits per heavy atom. The van der Waals surface area contributed by atoms with Crippen molar-refractivity contribution in [3.8, 4) is 0 Å². The van der Waals surface area contributed by atoms with Crippen LogP contribution in [0, 0.1) is 6.92 Å². The zero-order valence-corrected chi connectivity index (χ0v) is 11.8. The quantitative estimate of drug-likeness (QED) is 0.782. The largest absolute Gasteiger partial charge is 0.442 e. The maximum atomic E-state index is 12.1. The molecule has 0 aliphatic carbocycles. The van der Waals surface area contributed by atoms with E-state index in [0.29, 0.717) is 6.61 Å². The number of carbonyl (C=O) groups excluding carboxylic acids is 1. The van der Waals surface area contributed by atoms with Crippen LogP contribution in [0.5, 0.6) is 0 Å². The number of nitrogens with zero attached hydrogens (tertiary/aromatic N) is 2. The number of carbonyl (C=O) groups is 1. The van der Waals surface area contributed by atoms with Gasteiger partial charge in [0.1, 0.15) is 5.60 Å². The fraction of sp³-hybridized carbons (Fsp3) is 0.571. The topological polar surface area (TPSA) is 51.7 Å². The molecule has 1 aromatic heterocycles. The number of hydrogen-bond acceptors (Lipinski definition) is 4. The lowest BCUT2D eigenvalue weighted by atomic mass is 10.1. The summed E-state index contributed by atoms with van der Waals surface area (Å²) in [6.07, 6.45) is 2.09. The molecule has 1 fully saturated rings. The van der Waals surface area contributed by atoms with Gasteiger partial charge in [-0.1, -0.05) is 6.07 Å². The van der Waals surface area contributed by atoms with Crippen molar-refractivity contribution in [2.75, 3.05) is 6.61 Å². The molecule has 1 saturated heterocycles. The van der Waals surface area contributed by atoms with Gasteiger partial charge in [0.15, 0.2) is 0 Å². The highest BCUT2D eigenvalue weighted by molar-refractivity contribution is 5.67. The Hall–Kier alpha value is -1.62. The van der Waals surface area contributed by atoms with Crippen LogP contribution in [-0.4, -0.2) is 28.3 Å². The fourth-order valence-electron chi connectivity index (χ4n) is 1.94. The van der Waals surface area contributed by atoms with Crippen LogP contribution in [0.25, 0.3) is 0 Å². The SMILES string of the molecule is Cc1ccc([C@@H]2CCON2C(=O)OC(C)(C)C)cn1. The van der Waals surface area contributed by atoms with Gasteiger partial charge in [0.05, 0.1) is 12.6 Å².